The van der Waals surface area contributed by atoms with Gasteiger partial charge in [0.2, 0.25) is 5.91 Å². The van der Waals surface area contributed by atoms with Crippen LogP contribution < -0.4 is 5.43 Å². The Morgan fingerprint density at radius 3 is 2.26 bits per heavy atom. The fourth-order valence-electron chi connectivity index (χ4n) is 2.34. The number of thioether (sulfide) groups is 1. The minimum absolute atomic E-state index is 0.00738. The van der Waals surface area contributed by atoms with Crippen LogP contribution in [0.15, 0.2) is 34.3 Å². The van der Waals surface area contributed by atoms with Crippen molar-refractivity contribution >= 4 is 23.9 Å². The van der Waals surface area contributed by atoms with E-state index in [1.807, 2.05) is 24.3 Å². The lowest BCUT2D eigenvalue weighted by atomic mass is 10.1. The molecule has 3 nitrogen and oxygen atoms in total. The fourth-order valence-corrected chi connectivity index (χ4v) is 2.75. The van der Waals surface area contributed by atoms with Gasteiger partial charge in [0.1, 0.15) is 0 Å². The van der Waals surface area contributed by atoms with Gasteiger partial charge in [0, 0.05) is 11.3 Å². The van der Waals surface area contributed by atoms with Crippen LogP contribution in [0, 0.1) is 0 Å². The number of carbonyl (C=O) groups is 1. The third kappa shape index (κ3) is 10.2. The van der Waals surface area contributed by atoms with E-state index in [1.54, 1.807) is 18.0 Å². The van der Waals surface area contributed by atoms with Gasteiger partial charge in [0.15, 0.2) is 0 Å². The number of hydrogen-bond donors (Lipinski definition) is 1. The van der Waals surface area contributed by atoms with E-state index in [-0.39, 0.29) is 5.91 Å². The van der Waals surface area contributed by atoms with Crippen molar-refractivity contribution in [2.45, 2.75) is 69.6 Å². The second-order valence-corrected chi connectivity index (χ2v) is 6.67. The monoisotopic (exact) mass is 334 g/mol. The number of carbonyl (C=O) groups excluding carboxylic acids is 1. The number of nitrogens with zero attached hydrogens (tertiary/aromatic N) is 1. The third-order valence-electron chi connectivity index (χ3n) is 3.78. The molecule has 0 fully saturated rings. The number of amides is 1. The van der Waals surface area contributed by atoms with Crippen LogP contribution in [-0.4, -0.2) is 18.4 Å². The van der Waals surface area contributed by atoms with Gasteiger partial charge in [0.25, 0.3) is 0 Å². The maximum absolute atomic E-state index is 11.7. The van der Waals surface area contributed by atoms with E-state index in [4.69, 9.17) is 0 Å². The highest BCUT2D eigenvalue weighted by Gasteiger charge is 1.99. The summed E-state index contributed by atoms with van der Waals surface area (Å²) < 4.78 is 0. The molecule has 23 heavy (non-hydrogen) atoms. The average molecular weight is 335 g/mol. The van der Waals surface area contributed by atoms with E-state index in [1.165, 1.54) is 43.4 Å². The SMILES string of the molecule is CCCCCCCCCCC(=O)N/N=C/c1ccc(SC)cc1. The Kier molecular flexibility index (Phi) is 11.3. The molecule has 0 spiro atoms. The number of rotatable bonds is 12. The molecule has 0 saturated carbocycles. The minimum Gasteiger partial charge on any atom is -0.273 e. The summed E-state index contributed by atoms with van der Waals surface area (Å²) in [5.41, 5.74) is 3.60. The standard InChI is InChI=1S/C19H30N2OS/c1-3-4-5-6-7-8-9-10-11-19(22)21-20-16-17-12-14-18(23-2)15-13-17/h12-16H,3-11H2,1-2H3,(H,21,22)/b20-16+. The quantitative estimate of drug-likeness (QED) is 0.241. The van der Waals surface area contributed by atoms with E-state index < -0.39 is 0 Å². The van der Waals surface area contributed by atoms with Crippen molar-refractivity contribution in [1.29, 1.82) is 0 Å². The summed E-state index contributed by atoms with van der Waals surface area (Å²) in [5, 5.41) is 4.01. The Morgan fingerprint density at radius 1 is 1.04 bits per heavy atom. The van der Waals surface area contributed by atoms with Crippen molar-refractivity contribution in [1.82, 2.24) is 5.43 Å². The van der Waals surface area contributed by atoms with Crippen LogP contribution in [0.2, 0.25) is 0 Å². The largest absolute Gasteiger partial charge is 0.273 e. The number of nitrogens with one attached hydrogen (secondary N) is 1. The average Bonchev–Trinajstić information content (AvgIpc) is 2.58. The van der Waals surface area contributed by atoms with E-state index in [2.05, 4.69) is 23.7 Å². The van der Waals surface area contributed by atoms with E-state index >= 15 is 0 Å². The van der Waals surface area contributed by atoms with Crippen LogP contribution >= 0.6 is 11.8 Å². The summed E-state index contributed by atoms with van der Waals surface area (Å²) in [6, 6.07) is 8.10. The molecular formula is C19H30N2OS. The summed E-state index contributed by atoms with van der Waals surface area (Å²) in [6.45, 7) is 2.24. The van der Waals surface area contributed by atoms with Gasteiger partial charge in [0.05, 0.1) is 6.21 Å². The molecular weight excluding hydrogens is 304 g/mol. The Labute approximate surface area is 145 Å². The molecule has 0 atom stereocenters. The number of benzene rings is 1. The third-order valence-corrected chi connectivity index (χ3v) is 4.52. The second-order valence-electron chi connectivity index (χ2n) is 5.79. The first-order valence-electron chi connectivity index (χ1n) is 8.72. The van der Waals surface area contributed by atoms with Crippen LogP contribution in [0.1, 0.15) is 70.3 Å². The highest BCUT2D eigenvalue weighted by Crippen LogP contribution is 2.14. The zero-order valence-corrected chi connectivity index (χ0v) is 15.3. The van der Waals surface area contributed by atoms with Gasteiger partial charge in [-0.2, -0.15) is 5.10 Å². The van der Waals surface area contributed by atoms with Gasteiger partial charge < -0.3 is 0 Å². The first-order valence-corrected chi connectivity index (χ1v) is 9.94. The topological polar surface area (TPSA) is 41.5 Å². The van der Waals surface area contributed by atoms with E-state index in [9.17, 15) is 4.79 Å². The summed E-state index contributed by atoms with van der Waals surface area (Å²) in [5.74, 6) is 0.00738. The smallest absolute Gasteiger partial charge is 0.240 e. The maximum atomic E-state index is 11.7. The molecule has 1 N–H and O–H groups in total. The molecule has 1 aromatic carbocycles. The molecule has 0 bridgehead atoms. The summed E-state index contributed by atoms with van der Waals surface area (Å²) in [6.07, 6.45) is 14.3. The molecule has 4 heteroatoms. The first kappa shape index (κ1) is 19.8. The van der Waals surface area contributed by atoms with Crippen molar-refractivity contribution in [3.8, 4) is 0 Å². The Balaban J connectivity index is 2.06. The normalized spacial score (nSPS) is 11.0. The van der Waals surface area contributed by atoms with Crippen LogP contribution in [0.25, 0.3) is 0 Å². The summed E-state index contributed by atoms with van der Waals surface area (Å²) >= 11 is 1.71. The zero-order valence-electron chi connectivity index (χ0n) is 14.5. The molecule has 0 saturated heterocycles. The van der Waals surface area contributed by atoms with Crippen LogP contribution in [0.3, 0.4) is 0 Å². The van der Waals surface area contributed by atoms with Gasteiger partial charge in [-0.05, 0) is 30.4 Å². The van der Waals surface area contributed by atoms with Crippen molar-refractivity contribution in [3.63, 3.8) is 0 Å². The first-order chi connectivity index (χ1) is 11.3. The molecule has 0 radical (unpaired) electrons. The van der Waals surface area contributed by atoms with Crippen molar-refractivity contribution in [2.75, 3.05) is 6.26 Å². The number of hydrogen-bond acceptors (Lipinski definition) is 3. The van der Waals surface area contributed by atoms with Crippen molar-refractivity contribution in [3.05, 3.63) is 29.8 Å². The molecule has 0 aliphatic heterocycles. The van der Waals surface area contributed by atoms with Crippen molar-refractivity contribution < 1.29 is 4.79 Å². The van der Waals surface area contributed by atoms with Gasteiger partial charge in [-0.3, -0.25) is 4.79 Å². The molecule has 0 aliphatic rings. The predicted octanol–water partition coefficient (Wildman–Crippen LogP) is 5.39. The van der Waals surface area contributed by atoms with Crippen LogP contribution in [-0.2, 0) is 4.79 Å². The summed E-state index contributed by atoms with van der Waals surface area (Å²) in [4.78, 5) is 12.9. The Morgan fingerprint density at radius 2 is 1.65 bits per heavy atom. The number of hydrazone groups is 1. The molecule has 0 unspecified atom stereocenters. The van der Waals surface area contributed by atoms with Gasteiger partial charge in [-0.1, -0.05) is 64.0 Å². The molecule has 128 valence electrons. The number of unbranched alkanes of at least 4 members (excludes halogenated alkanes) is 7. The van der Waals surface area contributed by atoms with Crippen LogP contribution in [0.4, 0.5) is 0 Å². The van der Waals surface area contributed by atoms with E-state index in [0.717, 1.165) is 18.4 Å². The lowest BCUT2D eigenvalue weighted by Crippen LogP contribution is -2.16. The Bertz CT molecular complexity index is 457. The highest BCUT2D eigenvalue weighted by molar-refractivity contribution is 7.98. The maximum Gasteiger partial charge on any atom is 0.240 e. The Hall–Kier alpha value is -1.29. The molecule has 1 aromatic rings. The minimum atomic E-state index is 0.00738. The molecule has 1 rings (SSSR count). The second kappa shape index (κ2) is 13.2. The predicted molar refractivity (Wildman–Crippen MR) is 101 cm³/mol. The lowest BCUT2D eigenvalue weighted by Gasteiger charge is -2.02. The molecule has 0 aliphatic carbocycles. The molecule has 1 amide bonds. The lowest BCUT2D eigenvalue weighted by molar-refractivity contribution is -0.121. The van der Waals surface area contributed by atoms with Gasteiger partial charge in [-0.15, -0.1) is 11.8 Å². The zero-order chi connectivity index (χ0) is 16.8. The van der Waals surface area contributed by atoms with Gasteiger partial charge in [-0.25, -0.2) is 5.43 Å². The van der Waals surface area contributed by atoms with Gasteiger partial charge >= 0.3 is 0 Å². The van der Waals surface area contributed by atoms with Crippen molar-refractivity contribution in [2.24, 2.45) is 5.10 Å². The van der Waals surface area contributed by atoms with Crippen LogP contribution in [0.5, 0.6) is 0 Å². The molecule has 0 aromatic heterocycles. The highest BCUT2D eigenvalue weighted by atomic mass is 32.2. The van der Waals surface area contributed by atoms with E-state index in [0.29, 0.717) is 6.42 Å². The molecule has 0 heterocycles. The summed E-state index contributed by atoms with van der Waals surface area (Å²) in [7, 11) is 0. The fraction of sp³-hybridized carbons (Fsp3) is 0.579.